The highest BCUT2D eigenvalue weighted by atomic mass is 32.2. The summed E-state index contributed by atoms with van der Waals surface area (Å²) in [6.45, 7) is 0.606. The number of rotatable bonds is 11. The van der Waals surface area contributed by atoms with Crippen molar-refractivity contribution in [3.05, 3.63) is 24.3 Å². The van der Waals surface area contributed by atoms with Gasteiger partial charge < -0.3 is 10.8 Å². The first-order valence-electron chi connectivity index (χ1n) is 6.68. The Morgan fingerprint density at radius 2 is 1.95 bits per heavy atom. The Balaban J connectivity index is 2.19. The molecule has 0 saturated heterocycles. The van der Waals surface area contributed by atoms with Gasteiger partial charge in [-0.05, 0) is 24.3 Å². The van der Waals surface area contributed by atoms with Gasteiger partial charge in [0.1, 0.15) is 0 Å². The zero-order chi connectivity index (χ0) is 15.6. The van der Waals surface area contributed by atoms with Gasteiger partial charge >= 0.3 is 0 Å². The molecule has 4 N–H and O–H groups in total. The topological polar surface area (TPSA) is 92.4 Å². The Morgan fingerprint density at radius 3 is 2.67 bits per heavy atom. The van der Waals surface area contributed by atoms with E-state index in [1.165, 1.54) is 11.8 Å². The van der Waals surface area contributed by atoms with E-state index in [1.807, 2.05) is 18.2 Å². The summed E-state index contributed by atoms with van der Waals surface area (Å²) in [4.78, 5) is 0.909. The number of benzene rings is 1. The molecule has 1 aromatic carbocycles. The number of aliphatic hydroxyl groups is 1. The average Bonchev–Trinajstić information content (AvgIpc) is 2.45. The maximum atomic E-state index is 11.8. The van der Waals surface area contributed by atoms with Gasteiger partial charge in [0.05, 0.1) is 5.75 Å². The minimum atomic E-state index is -3.23. The fraction of sp³-hybridized carbons (Fsp3) is 0.538. The molecule has 0 aliphatic heterocycles. The molecule has 1 aromatic rings. The van der Waals surface area contributed by atoms with Crippen LogP contribution < -0.4 is 10.5 Å². The van der Waals surface area contributed by atoms with E-state index in [9.17, 15) is 8.42 Å². The van der Waals surface area contributed by atoms with E-state index in [1.54, 1.807) is 17.8 Å². The largest absolute Gasteiger partial charge is 0.398 e. The van der Waals surface area contributed by atoms with Crippen LogP contribution >= 0.6 is 23.5 Å². The predicted octanol–water partition coefficient (Wildman–Crippen LogP) is 1.40. The van der Waals surface area contributed by atoms with E-state index in [0.717, 1.165) is 22.8 Å². The Hall–Kier alpha value is -0.410. The molecule has 0 aliphatic rings. The molecule has 0 amide bonds. The van der Waals surface area contributed by atoms with Crippen molar-refractivity contribution in [3.8, 4) is 0 Å². The highest BCUT2D eigenvalue weighted by Gasteiger charge is 2.10. The molecule has 0 aromatic heterocycles. The molecule has 1 rings (SSSR count). The van der Waals surface area contributed by atoms with E-state index < -0.39 is 10.0 Å². The SMILES string of the molecule is Nc1ccccc1SCCS(=O)(=O)NCCSCCCO. The summed E-state index contributed by atoms with van der Waals surface area (Å²) in [5.74, 6) is 2.12. The fourth-order valence-electron chi connectivity index (χ4n) is 1.48. The van der Waals surface area contributed by atoms with E-state index in [-0.39, 0.29) is 12.4 Å². The van der Waals surface area contributed by atoms with Crippen molar-refractivity contribution in [2.75, 3.05) is 41.9 Å². The number of thioether (sulfide) groups is 2. The van der Waals surface area contributed by atoms with Crippen molar-refractivity contribution in [2.24, 2.45) is 0 Å². The number of sulfonamides is 1. The summed E-state index contributed by atoms with van der Waals surface area (Å²) in [6.07, 6.45) is 0.743. The summed E-state index contributed by atoms with van der Waals surface area (Å²) in [6, 6.07) is 7.43. The zero-order valence-electron chi connectivity index (χ0n) is 11.8. The van der Waals surface area contributed by atoms with Gasteiger partial charge in [0.25, 0.3) is 0 Å². The third-order valence-electron chi connectivity index (χ3n) is 2.54. The maximum absolute atomic E-state index is 11.8. The van der Waals surface area contributed by atoms with Crippen LogP contribution in [0.5, 0.6) is 0 Å². The van der Waals surface area contributed by atoms with Crippen LogP contribution in [0.4, 0.5) is 5.69 Å². The van der Waals surface area contributed by atoms with Crippen LogP contribution in [0.2, 0.25) is 0 Å². The van der Waals surface area contributed by atoms with E-state index >= 15 is 0 Å². The number of nitrogens with one attached hydrogen (secondary N) is 1. The molecule has 8 heteroatoms. The van der Waals surface area contributed by atoms with Gasteiger partial charge in [0, 0.05) is 35.2 Å². The molecular weight excluding hydrogens is 328 g/mol. The second-order valence-corrected chi connectivity index (χ2v) is 8.58. The highest BCUT2D eigenvalue weighted by Crippen LogP contribution is 2.24. The zero-order valence-corrected chi connectivity index (χ0v) is 14.3. The summed E-state index contributed by atoms with van der Waals surface area (Å²) in [5, 5.41) is 8.63. The van der Waals surface area contributed by atoms with Crippen molar-refractivity contribution >= 4 is 39.2 Å². The smallest absolute Gasteiger partial charge is 0.212 e. The number of hydrogen-bond acceptors (Lipinski definition) is 6. The standard InChI is InChI=1S/C13H22N2O3S3/c14-12-4-1-2-5-13(12)20-10-11-21(17,18)15-6-9-19-8-3-7-16/h1-2,4-5,15-16H,3,6-11,14H2. The monoisotopic (exact) mass is 350 g/mol. The van der Waals surface area contributed by atoms with Gasteiger partial charge in [-0.25, -0.2) is 13.1 Å². The first-order valence-corrected chi connectivity index (χ1v) is 10.5. The lowest BCUT2D eigenvalue weighted by Crippen LogP contribution is -2.29. The maximum Gasteiger partial charge on any atom is 0.212 e. The van der Waals surface area contributed by atoms with Crippen LogP contribution in [-0.4, -0.2) is 49.7 Å². The number of aliphatic hydroxyl groups excluding tert-OH is 1. The van der Waals surface area contributed by atoms with Crippen LogP contribution in [0.1, 0.15) is 6.42 Å². The van der Waals surface area contributed by atoms with Crippen molar-refractivity contribution in [1.82, 2.24) is 4.72 Å². The molecule has 120 valence electrons. The first-order chi connectivity index (χ1) is 10.0. The molecule has 0 fully saturated rings. The van der Waals surface area contributed by atoms with Crippen LogP contribution in [0.15, 0.2) is 29.2 Å². The highest BCUT2D eigenvalue weighted by molar-refractivity contribution is 8.00. The van der Waals surface area contributed by atoms with Crippen LogP contribution in [0.3, 0.4) is 0 Å². The van der Waals surface area contributed by atoms with E-state index in [4.69, 9.17) is 10.8 Å². The summed E-state index contributed by atoms with van der Waals surface area (Å²) >= 11 is 3.08. The van der Waals surface area contributed by atoms with Crippen LogP contribution in [-0.2, 0) is 10.0 Å². The molecule has 0 spiro atoms. The fourth-order valence-corrected chi connectivity index (χ4v) is 4.79. The lowest BCUT2D eigenvalue weighted by molar-refractivity contribution is 0.296. The molecule has 0 bridgehead atoms. The Labute approximate surface area is 135 Å². The quantitative estimate of drug-likeness (QED) is 0.317. The number of hydrogen-bond donors (Lipinski definition) is 3. The van der Waals surface area contributed by atoms with Crippen molar-refractivity contribution in [1.29, 1.82) is 0 Å². The number of anilines is 1. The minimum Gasteiger partial charge on any atom is -0.398 e. The molecule has 0 saturated carbocycles. The van der Waals surface area contributed by atoms with Gasteiger partial charge in [0.2, 0.25) is 10.0 Å². The first kappa shape index (κ1) is 18.6. The Kier molecular flexibility index (Phi) is 9.18. The van der Waals surface area contributed by atoms with Gasteiger partial charge in [0.15, 0.2) is 0 Å². The number of para-hydroxylation sites is 1. The van der Waals surface area contributed by atoms with Crippen molar-refractivity contribution < 1.29 is 13.5 Å². The third kappa shape index (κ3) is 8.57. The molecule has 0 atom stereocenters. The summed E-state index contributed by atoms with van der Waals surface area (Å²) in [5.41, 5.74) is 6.48. The summed E-state index contributed by atoms with van der Waals surface area (Å²) < 4.78 is 26.2. The van der Waals surface area contributed by atoms with Crippen molar-refractivity contribution in [3.63, 3.8) is 0 Å². The Morgan fingerprint density at radius 1 is 1.19 bits per heavy atom. The van der Waals surface area contributed by atoms with Crippen LogP contribution in [0.25, 0.3) is 0 Å². The molecule has 0 radical (unpaired) electrons. The average molecular weight is 351 g/mol. The lowest BCUT2D eigenvalue weighted by Gasteiger charge is -2.07. The van der Waals surface area contributed by atoms with Gasteiger partial charge in [-0.1, -0.05) is 12.1 Å². The van der Waals surface area contributed by atoms with E-state index in [2.05, 4.69) is 4.72 Å². The van der Waals surface area contributed by atoms with Crippen molar-refractivity contribution in [2.45, 2.75) is 11.3 Å². The second-order valence-electron chi connectivity index (χ2n) is 4.29. The second kappa shape index (κ2) is 10.3. The number of nitrogen functional groups attached to an aromatic ring is 1. The molecule has 5 nitrogen and oxygen atoms in total. The number of nitrogens with two attached hydrogens (primary N) is 1. The molecule has 0 unspecified atom stereocenters. The minimum absolute atomic E-state index is 0.0767. The van der Waals surface area contributed by atoms with Gasteiger partial charge in [-0.2, -0.15) is 11.8 Å². The molecule has 21 heavy (non-hydrogen) atoms. The molecular formula is C13H22N2O3S3. The normalized spacial score (nSPS) is 11.7. The predicted molar refractivity (Wildman–Crippen MR) is 92.4 cm³/mol. The van der Waals surface area contributed by atoms with Crippen LogP contribution in [0, 0.1) is 0 Å². The summed E-state index contributed by atoms with van der Waals surface area (Å²) in [7, 11) is -3.23. The van der Waals surface area contributed by atoms with Gasteiger partial charge in [-0.3, -0.25) is 0 Å². The van der Waals surface area contributed by atoms with Gasteiger partial charge in [-0.15, -0.1) is 11.8 Å². The Bertz CT molecular complexity index is 509. The molecule has 0 heterocycles. The third-order valence-corrected chi connectivity index (χ3v) is 6.35. The molecule has 0 aliphatic carbocycles. The lowest BCUT2D eigenvalue weighted by atomic mass is 10.3. The van der Waals surface area contributed by atoms with E-state index in [0.29, 0.717) is 18.0 Å².